The van der Waals surface area contributed by atoms with Gasteiger partial charge in [-0.3, -0.25) is 9.59 Å². The first kappa shape index (κ1) is 13.9. The molecule has 0 N–H and O–H groups in total. The van der Waals surface area contributed by atoms with Crippen LogP contribution >= 0.6 is 0 Å². The average Bonchev–Trinajstić information content (AvgIpc) is 2.23. The van der Waals surface area contributed by atoms with E-state index in [4.69, 9.17) is 4.74 Å². The smallest absolute Gasteiger partial charge is 0.305 e. The van der Waals surface area contributed by atoms with Gasteiger partial charge < -0.3 is 9.47 Å². The van der Waals surface area contributed by atoms with Gasteiger partial charge in [0.15, 0.2) is 0 Å². The van der Waals surface area contributed by atoms with Crippen molar-refractivity contribution in [2.24, 2.45) is 0 Å². The Morgan fingerprint density at radius 1 is 1.20 bits per heavy atom. The van der Waals surface area contributed by atoms with Crippen LogP contribution in [0.4, 0.5) is 0 Å². The largest absolute Gasteiger partial charge is 0.469 e. The van der Waals surface area contributed by atoms with Crippen LogP contribution in [-0.2, 0) is 19.1 Å². The van der Waals surface area contributed by atoms with E-state index in [1.54, 1.807) is 0 Å². The van der Waals surface area contributed by atoms with E-state index < -0.39 is 5.60 Å². The molecule has 0 bridgehead atoms. The molecule has 15 heavy (non-hydrogen) atoms. The molecule has 0 aliphatic heterocycles. The Hall–Kier alpha value is -1.06. The molecule has 88 valence electrons. The molecule has 0 amide bonds. The molecule has 0 heterocycles. The Labute approximate surface area is 90.9 Å². The molecule has 0 saturated heterocycles. The van der Waals surface area contributed by atoms with Gasteiger partial charge in [-0.1, -0.05) is 13.8 Å². The van der Waals surface area contributed by atoms with E-state index in [9.17, 15) is 9.59 Å². The molecule has 0 aliphatic rings. The van der Waals surface area contributed by atoms with Crippen LogP contribution in [0.3, 0.4) is 0 Å². The maximum atomic E-state index is 11.0. The van der Waals surface area contributed by atoms with Crippen molar-refractivity contribution in [3.05, 3.63) is 0 Å². The van der Waals surface area contributed by atoms with E-state index in [0.717, 1.165) is 0 Å². The summed E-state index contributed by atoms with van der Waals surface area (Å²) in [6.45, 7) is 5.28. The summed E-state index contributed by atoms with van der Waals surface area (Å²) in [5, 5.41) is 0. The summed E-state index contributed by atoms with van der Waals surface area (Å²) in [4.78, 5) is 22.0. The molecule has 0 spiro atoms. The summed E-state index contributed by atoms with van der Waals surface area (Å²) in [5.41, 5.74) is -0.514. The number of methoxy groups -OCH3 is 1. The summed E-state index contributed by atoms with van der Waals surface area (Å²) in [5.74, 6) is -0.572. The minimum atomic E-state index is -0.514. The van der Waals surface area contributed by atoms with Crippen molar-refractivity contribution in [3.8, 4) is 0 Å². The van der Waals surface area contributed by atoms with Crippen LogP contribution in [-0.4, -0.2) is 24.6 Å². The molecule has 0 aromatic carbocycles. The van der Waals surface area contributed by atoms with Gasteiger partial charge in [0.2, 0.25) is 0 Å². The van der Waals surface area contributed by atoms with E-state index in [2.05, 4.69) is 4.74 Å². The first-order valence-corrected chi connectivity index (χ1v) is 5.26. The molecule has 0 rings (SSSR count). The number of carbonyl (C=O) groups is 2. The van der Waals surface area contributed by atoms with Crippen molar-refractivity contribution in [2.75, 3.05) is 7.11 Å². The average molecular weight is 216 g/mol. The first-order chi connectivity index (χ1) is 6.99. The van der Waals surface area contributed by atoms with Gasteiger partial charge in [-0.15, -0.1) is 0 Å². The Balaban J connectivity index is 4.36. The van der Waals surface area contributed by atoms with Gasteiger partial charge in [0.1, 0.15) is 5.60 Å². The molecule has 4 heteroatoms. The van der Waals surface area contributed by atoms with Crippen molar-refractivity contribution in [1.29, 1.82) is 0 Å². The van der Waals surface area contributed by atoms with Gasteiger partial charge in [-0.05, 0) is 19.3 Å². The fourth-order valence-corrected chi connectivity index (χ4v) is 1.54. The molecule has 4 nitrogen and oxygen atoms in total. The van der Waals surface area contributed by atoms with E-state index in [0.29, 0.717) is 19.3 Å². The predicted molar refractivity (Wildman–Crippen MR) is 56.3 cm³/mol. The summed E-state index contributed by atoms with van der Waals surface area (Å²) in [6.07, 6.45) is 2.22. The number of rotatable bonds is 6. The zero-order chi connectivity index (χ0) is 11.9. The highest BCUT2D eigenvalue weighted by Crippen LogP contribution is 2.26. The highest BCUT2D eigenvalue weighted by atomic mass is 16.6. The normalized spacial score (nSPS) is 10.9. The first-order valence-electron chi connectivity index (χ1n) is 5.26. The van der Waals surface area contributed by atoms with Crippen molar-refractivity contribution in [2.45, 2.75) is 52.1 Å². The van der Waals surface area contributed by atoms with Crippen LogP contribution in [0, 0.1) is 0 Å². The Morgan fingerprint density at radius 3 is 2.07 bits per heavy atom. The number of hydrogen-bond donors (Lipinski definition) is 0. The second-order valence-corrected chi connectivity index (χ2v) is 3.56. The quantitative estimate of drug-likeness (QED) is 0.638. The number of esters is 2. The monoisotopic (exact) mass is 216 g/mol. The zero-order valence-corrected chi connectivity index (χ0v) is 9.96. The van der Waals surface area contributed by atoms with Crippen LogP contribution in [0.15, 0.2) is 0 Å². The summed E-state index contributed by atoms with van der Waals surface area (Å²) in [6, 6.07) is 0. The highest BCUT2D eigenvalue weighted by molar-refractivity contribution is 5.69. The van der Waals surface area contributed by atoms with Gasteiger partial charge in [0.25, 0.3) is 0 Å². The predicted octanol–water partition coefficient (Wildman–Crippen LogP) is 2.06. The lowest BCUT2D eigenvalue weighted by Gasteiger charge is -2.30. The summed E-state index contributed by atoms with van der Waals surface area (Å²) in [7, 11) is 1.35. The Morgan fingerprint density at radius 2 is 1.73 bits per heavy atom. The van der Waals surface area contributed by atoms with E-state index in [1.165, 1.54) is 14.0 Å². The van der Waals surface area contributed by atoms with Crippen molar-refractivity contribution in [1.82, 2.24) is 0 Å². The van der Waals surface area contributed by atoms with Gasteiger partial charge in [0, 0.05) is 13.3 Å². The molecular weight excluding hydrogens is 196 g/mol. The maximum Gasteiger partial charge on any atom is 0.305 e. The SMILES string of the molecule is CCC(CC)(CCC(=O)OC)OC(C)=O. The number of ether oxygens (including phenoxy) is 2. The van der Waals surface area contributed by atoms with Crippen LogP contribution in [0.5, 0.6) is 0 Å². The fourth-order valence-electron chi connectivity index (χ4n) is 1.54. The fraction of sp³-hybridized carbons (Fsp3) is 0.818. The third-order valence-electron chi connectivity index (χ3n) is 2.66. The third-order valence-corrected chi connectivity index (χ3v) is 2.66. The van der Waals surface area contributed by atoms with Crippen molar-refractivity contribution in [3.63, 3.8) is 0 Å². The van der Waals surface area contributed by atoms with Crippen LogP contribution in [0.25, 0.3) is 0 Å². The molecule has 0 unspecified atom stereocenters. The number of hydrogen-bond acceptors (Lipinski definition) is 4. The van der Waals surface area contributed by atoms with Crippen LogP contribution in [0.2, 0.25) is 0 Å². The maximum absolute atomic E-state index is 11.0. The molecule has 0 aromatic heterocycles. The third kappa shape index (κ3) is 4.81. The molecule has 0 aliphatic carbocycles. The van der Waals surface area contributed by atoms with Crippen LogP contribution < -0.4 is 0 Å². The van der Waals surface area contributed by atoms with Crippen LogP contribution in [0.1, 0.15) is 46.5 Å². The van der Waals surface area contributed by atoms with Gasteiger partial charge >= 0.3 is 11.9 Å². The molecular formula is C11H20O4. The lowest BCUT2D eigenvalue weighted by Crippen LogP contribution is -2.33. The van der Waals surface area contributed by atoms with E-state index in [-0.39, 0.29) is 18.4 Å². The van der Waals surface area contributed by atoms with E-state index in [1.807, 2.05) is 13.8 Å². The lowest BCUT2D eigenvalue weighted by atomic mass is 9.91. The second-order valence-electron chi connectivity index (χ2n) is 3.56. The molecule has 0 atom stereocenters. The highest BCUT2D eigenvalue weighted by Gasteiger charge is 2.30. The standard InChI is InChI=1S/C11H20O4/c1-5-11(6-2,15-9(3)12)8-7-10(13)14-4/h5-8H2,1-4H3. The number of carbonyl (C=O) groups excluding carboxylic acids is 2. The molecule has 0 aromatic rings. The molecule has 0 fully saturated rings. The summed E-state index contributed by atoms with van der Waals surface area (Å²) < 4.78 is 9.84. The minimum Gasteiger partial charge on any atom is -0.469 e. The van der Waals surface area contributed by atoms with Crippen molar-refractivity contribution >= 4 is 11.9 Å². The minimum absolute atomic E-state index is 0.270. The lowest BCUT2D eigenvalue weighted by molar-refractivity contribution is -0.161. The second kappa shape index (κ2) is 6.43. The summed E-state index contributed by atoms with van der Waals surface area (Å²) >= 11 is 0. The van der Waals surface area contributed by atoms with Crippen molar-refractivity contribution < 1.29 is 19.1 Å². The van der Waals surface area contributed by atoms with Gasteiger partial charge in [-0.25, -0.2) is 0 Å². The topological polar surface area (TPSA) is 52.6 Å². The van der Waals surface area contributed by atoms with Gasteiger partial charge in [-0.2, -0.15) is 0 Å². The Kier molecular flexibility index (Phi) is 5.97. The molecule has 0 radical (unpaired) electrons. The van der Waals surface area contributed by atoms with Gasteiger partial charge in [0.05, 0.1) is 7.11 Å². The zero-order valence-electron chi connectivity index (χ0n) is 9.96. The van der Waals surface area contributed by atoms with E-state index >= 15 is 0 Å². The Bertz CT molecular complexity index is 219. The molecule has 0 saturated carbocycles.